The average molecular weight is 324 g/mol. The first-order valence-corrected chi connectivity index (χ1v) is 8.49. The lowest BCUT2D eigenvalue weighted by atomic mass is 10.0. The first-order valence-electron chi connectivity index (χ1n) is 8.11. The summed E-state index contributed by atoms with van der Waals surface area (Å²) in [6.45, 7) is 9.93. The Morgan fingerprint density at radius 2 is 2.18 bits per heavy atom. The Labute approximate surface area is 138 Å². The van der Waals surface area contributed by atoms with Gasteiger partial charge in [0.15, 0.2) is 0 Å². The van der Waals surface area contributed by atoms with E-state index in [0.717, 1.165) is 37.2 Å². The molecule has 1 aromatic heterocycles. The van der Waals surface area contributed by atoms with Crippen molar-refractivity contribution in [1.29, 1.82) is 0 Å². The number of hydrogen-bond acceptors (Lipinski definition) is 2. The Kier molecular flexibility index (Phi) is 5.68. The standard InChI is InChI=1S/C17H26ClN3O/c1-12(2)11-21-17(18)15(14(4)19-21)8-9-16(22)20-10-6-5-7-13(20)3/h8-9,12-13H,5-7,10-11H2,1-4H3/b9-8+. The molecule has 5 heteroatoms. The van der Waals surface area contributed by atoms with Crippen LogP contribution in [0.15, 0.2) is 6.08 Å². The highest BCUT2D eigenvalue weighted by molar-refractivity contribution is 6.31. The largest absolute Gasteiger partial charge is 0.336 e. The fraction of sp³-hybridized carbons (Fsp3) is 0.647. The molecule has 122 valence electrons. The van der Waals surface area contributed by atoms with Crippen LogP contribution in [0.2, 0.25) is 5.15 Å². The number of piperidine rings is 1. The minimum atomic E-state index is 0.0688. The maximum atomic E-state index is 12.4. The molecule has 1 atom stereocenters. The van der Waals surface area contributed by atoms with E-state index in [2.05, 4.69) is 25.9 Å². The minimum Gasteiger partial charge on any atom is -0.336 e. The van der Waals surface area contributed by atoms with Gasteiger partial charge in [-0.25, -0.2) is 0 Å². The second kappa shape index (κ2) is 7.32. The summed E-state index contributed by atoms with van der Waals surface area (Å²) in [4.78, 5) is 14.3. The van der Waals surface area contributed by atoms with E-state index in [1.54, 1.807) is 6.08 Å². The molecule has 0 bridgehead atoms. The highest BCUT2D eigenvalue weighted by Gasteiger charge is 2.21. The molecular weight excluding hydrogens is 298 g/mol. The van der Waals surface area contributed by atoms with Crippen LogP contribution in [0, 0.1) is 12.8 Å². The van der Waals surface area contributed by atoms with Gasteiger partial charge in [0.2, 0.25) is 5.91 Å². The van der Waals surface area contributed by atoms with E-state index < -0.39 is 0 Å². The summed E-state index contributed by atoms with van der Waals surface area (Å²) in [6, 6.07) is 0.325. The Morgan fingerprint density at radius 3 is 2.82 bits per heavy atom. The number of aryl methyl sites for hydroxylation is 1. The highest BCUT2D eigenvalue weighted by Crippen LogP contribution is 2.23. The number of rotatable bonds is 4. The van der Waals surface area contributed by atoms with Crippen LogP contribution in [-0.4, -0.2) is 33.2 Å². The quantitative estimate of drug-likeness (QED) is 0.788. The van der Waals surface area contributed by atoms with Crippen molar-refractivity contribution in [3.63, 3.8) is 0 Å². The maximum absolute atomic E-state index is 12.4. The Morgan fingerprint density at radius 1 is 1.45 bits per heavy atom. The molecule has 2 rings (SSSR count). The summed E-state index contributed by atoms with van der Waals surface area (Å²) in [6.07, 6.45) is 6.84. The highest BCUT2D eigenvalue weighted by atomic mass is 35.5. The molecule has 0 saturated carbocycles. The summed E-state index contributed by atoms with van der Waals surface area (Å²) >= 11 is 6.40. The van der Waals surface area contributed by atoms with Crippen molar-refractivity contribution >= 4 is 23.6 Å². The van der Waals surface area contributed by atoms with E-state index >= 15 is 0 Å². The van der Waals surface area contributed by atoms with Crippen LogP contribution in [-0.2, 0) is 11.3 Å². The van der Waals surface area contributed by atoms with Gasteiger partial charge in [0.25, 0.3) is 0 Å². The van der Waals surface area contributed by atoms with Crippen molar-refractivity contribution in [3.8, 4) is 0 Å². The van der Waals surface area contributed by atoms with Gasteiger partial charge < -0.3 is 4.90 Å². The van der Waals surface area contributed by atoms with Gasteiger partial charge in [-0.2, -0.15) is 5.10 Å². The topological polar surface area (TPSA) is 38.1 Å². The number of halogens is 1. The normalized spacial score (nSPS) is 19.4. The zero-order valence-corrected chi connectivity index (χ0v) is 14.7. The van der Waals surface area contributed by atoms with Gasteiger partial charge in [-0.1, -0.05) is 25.4 Å². The van der Waals surface area contributed by atoms with Crippen LogP contribution in [0.5, 0.6) is 0 Å². The number of carbonyl (C=O) groups is 1. The molecule has 1 amide bonds. The van der Waals surface area contributed by atoms with Gasteiger partial charge in [-0.05, 0) is 45.1 Å². The van der Waals surface area contributed by atoms with E-state index in [1.165, 1.54) is 6.42 Å². The zero-order valence-electron chi connectivity index (χ0n) is 14.0. The van der Waals surface area contributed by atoms with Gasteiger partial charge >= 0.3 is 0 Å². The van der Waals surface area contributed by atoms with Gasteiger partial charge in [0.1, 0.15) is 5.15 Å². The van der Waals surface area contributed by atoms with Gasteiger partial charge in [0.05, 0.1) is 5.69 Å². The van der Waals surface area contributed by atoms with E-state index in [-0.39, 0.29) is 5.91 Å². The lowest BCUT2D eigenvalue weighted by Gasteiger charge is -2.32. The molecule has 0 aromatic carbocycles. The van der Waals surface area contributed by atoms with Crippen LogP contribution in [0.4, 0.5) is 0 Å². The molecule has 1 fully saturated rings. The van der Waals surface area contributed by atoms with E-state index in [1.807, 2.05) is 22.6 Å². The summed E-state index contributed by atoms with van der Waals surface area (Å²) in [5.74, 6) is 0.545. The Hall–Kier alpha value is -1.29. The van der Waals surface area contributed by atoms with Crippen molar-refractivity contribution < 1.29 is 4.79 Å². The maximum Gasteiger partial charge on any atom is 0.246 e. The molecule has 22 heavy (non-hydrogen) atoms. The molecule has 1 aromatic rings. The van der Waals surface area contributed by atoms with Crippen LogP contribution in [0.3, 0.4) is 0 Å². The third kappa shape index (κ3) is 3.92. The fourth-order valence-electron chi connectivity index (χ4n) is 2.90. The molecule has 0 N–H and O–H groups in total. The van der Waals surface area contributed by atoms with Crippen molar-refractivity contribution in [2.24, 2.45) is 5.92 Å². The predicted molar refractivity (Wildman–Crippen MR) is 90.9 cm³/mol. The lowest BCUT2D eigenvalue weighted by Crippen LogP contribution is -2.41. The van der Waals surface area contributed by atoms with Gasteiger partial charge in [-0.15, -0.1) is 0 Å². The molecule has 1 aliphatic rings. The Balaban J connectivity index is 2.12. The molecule has 0 radical (unpaired) electrons. The summed E-state index contributed by atoms with van der Waals surface area (Å²) < 4.78 is 1.81. The second-order valence-electron chi connectivity index (χ2n) is 6.58. The van der Waals surface area contributed by atoms with Crippen LogP contribution < -0.4 is 0 Å². The number of nitrogens with zero attached hydrogens (tertiary/aromatic N) is 3. The summed E-state index contributed by atoms with van der Waals surface area (Å²) in [7, 11) is 0. The van der Waals surface area contributed by atoms with E-state index in [4.69, 9.17) is 11.6 Å². The summed E-state index contributed by atoms with van der Waals surface area (Å²) in [5.41, 5.74) is 1.71. The van der Waals surface area contributed by atoms with Gasteiger partial charge in [-0.3, -0.25) is 9.48 Å². The molecule has 0 aliphatic carbocycles. The predicted octanol–water partition coefficient (Wildman–Crippen LogP) is 3.92. The SMILES string of the molecule is Cc1nn(CC(C)C)c(Cl)c1/C=C/C(=O)N1CCCCC1C. The molecule has 1 unspecified atom stereocenters. The molecule has 1 aliphatic heterocycles. The van der Waals surface area contributed by atoms with Crippen LogP contribution in [0.1, 0.15) is 51.3 Å². The number of amides is 1. The average Bonchev–Trinajstić information content (AvgIpc) is 2.71. The fourth-order valence-corrected chi connectivity index (χ4v) is 3.21. The Bertz CT molecular complexity index is 562. The minimum absolute atomic E-state index is 0.0688. The van der Waals surface area contributed by atoms with Crippen molar-refractivity contribution in [3.05, 3.63) is 22.5 Å². The van der Waals surface area contributed by atoms with Crippen LogP contribution >= 0.6 is 11.6 Å². The molecular formula is C17H26ClN3O. The summed E-state index contributed by atoms with van der Waals surface area (Å²) in [5, 5.41) is 5.08. The smallest absolute Gasteiger partial charge is 0.246 e. The number of likely N-dealkylation sites (tertiary alicyclic amines) is 1. The van der Waals surface area contributed by atoms with Crippen molar-refractivity contribution in [2.75, 3.05) is 6.54 Å². The number of carbonyl (C=O) groups excluding carboxylic acids is 1. The van der Waals surface area contributed by atoms with Crippen LogP contribution in [0.25, 0.3) is 6.08 Å². The third-order valence-corrected chi connectivity index (χ3v) is 4.52. The molecule has 4 nitrogen and oxygen atoms in total. The second-order valence-corrected chi connectivity index (χ2v) is 6.93. The zero-order chi connectivity index (χ0) is 16.3. The van der Waals surface area contributed by atoms with Gasteiger partial charge in [0, 0.05) is 30.8 Å². The first-order chi connectivity index (χ1) is 10.4. The van der Waals surface area contributed by atoms with Crippen molar-refractivity contribution in [2.45, 2.75) is 59.5 Å². The number of hydrogen-bond donors (Lipinski definition) is 0. The lowest BCUT2D eigenvalue weighted by molar-refractivity contribution is -0.129. The number of aromatic nitrogens is 2. The molecule has 1 saturated heterocycles. The van der Waals surface area contributed by atoms with Crippen molar-refractivity contribution in [1.82, 2.24) is 14.7 Å². The molecule has 0 spiro atoms. The molecule has 2 heterocycles. The first kappa shape index (κ1) is 17.1. The van der Waals surface area contributed by atoms with E-state index in [0.29, 0.717) is 17.1 Å². The monoisotopic (exact) mass is 323 g/mol. The third-order valence-electron chi connectivity index (χ3n) is 4.13. The van der Waals surface area contributed by atoms with E-state index in [9.17, 15) is 4.79 Å².